The van der Waals surface area contributed by atoms with Gasteiger partial charge in [0.15, 0.2) is 0 Å². The molecule has 2 nitrogen and oxygen atoms in total. The Morgan fingerprint density at radius 2 is 1.82 bits per heavy atom. The van der Waals surface area contributed by atoms with E-state index < -0.39 is 0 Å². The molecular formula is C15H24N2. The number of hydrogen-bond acceptors (Lipinski definition) is 2. The van der Waals surface area contributed by atoms with E-state index >= 15 is 0 Å². The van der Waals surface area contributed by atoms with E-state index in [2.05, 4.69) is 37.8 Å². The zero-order chi connectivity index (χ0) is 12.4. The summed E-state index contributed by atoms with van der Waals surface area (Å²) in [5, 5.41) is 0. The Labute approximate surface area is 105 Å². The highest BCUT2D eigenvalue weighted by Gasteiger charge is 2.22. The van der Waals surface area contributed by atoms with Crippen LogP contribution in [0.3, 0.4) is 0 Å². The zero-order valence-electron chi connectivity index (χ0n) is 11.2. The summed E-state index contributed by atoms with van der Waals surface area (Å²) in [5.74, 6) is 0.804. The molecule has 1 heterocycles. The summed E-state index contributed by atoms with van der Waals surface area (Å²) in [5.41, 5.74) is 9.59. The van der Waals surface area contributed by atoms with Gasteiger partial charge >= 0.3 is 0 Å². The van der Waals surface area contributed by atoms with Gasteiger partial charge in [-0.25, -0.2) is 0 Å². The number of rotatable bonds is 4. The molecule has 1 aliphatic rings. The number of hydrogen-bond donors (Lipinski definition) is 1. The van der Waals surface area contributed by atoms with Crippen LogP contribution in [-0.2, 0) is 13.1 Å². The van der Waals surface area contributed by atoms with E-state index in [4.69, 9.17) is 5.73 Å². The van der Waals surface area contributed by atoms with Crippen molar-refractivity contribution in [2.45, 2.75) is 52.7 Å². The molecule has 17 heavy (non-hydrogen) atoms. The molecule has 1 atom stereocenters. The Hall–Kier alpha value is -1.02. The van der Waals surface area contributed by atoms with Crippen molar-refractivity contribution in [1.82, 2.24) is 4.90 Å². The van der Waals surface area contributed by atoms with Crippen LogP contribution in [-0.4, -0.2) is 10.9 Å². The Balaban J connectivity index is 1.95. The van der Waals surface area contributed by atoms with Crippen LogP contribution in [0, 0.1) is 5.92 Å². The van der Waals surface area contributed by atoms with Crippen molar-refractivity contribution in [3.05, 3.63) is 29.3 Å². The van der Waals surface area contributed by atoms with Crippen molar-refractivity contribution in [2.75, 3.05) is 5.73 Å². The first-order valence-electron chi connectivity index (χ1n) is 6.67. The molecule has 1 aliphatic heterocycles. The first-order valence-corrected chi connectivity index (χ1v) is 6.67. The number of benzene rings is 1. The second-order valence-corrected chi connectivity index (χ2v) is 5.75. The molecule has 0 spiro atoms. The van der Waals surface area contributed by atoms with Crippen LogP contribution >= 0.6 is 0 Å². The third-order valence-electron chi connectivity index (χ3n) is 3.76. The molecule has 0 aromatic heterocycles. The largest absolute Gasteiger partial charge is 0.399 e. The molecule has 1 unspecified atom stereocenters. The van der Waals surface area contributed by atoms with Gasteiger partial charge in [-0.15, -0.1) is 0 Å². The average Bonchev–Trinajstić information content (AvgIpc) is 2.68. The van der Waals surface area contributed by atoms with Crippen LogP contribution in [0.2, 0.25) is 0 Å². The molecule has 0 fully saturated rings. The van der Waals surface area contributed by atoms with Crippen molar-refractivity contribution < 1.29 is 0 Å². The van der Waals surface area contributed by atoms with Crippen molar-refractivity contribution in [3.8, 4) is 0 Å². The molecule has 1 aromatic carbocycles. The predicted octanol–water partition coefficient (Wildman–Crippen LogP) is 3.41. The lowest BCUT2D eigenvalue weighted by Crippen LogP contribution is -2.28. The summed E-state index contributed by atoms with van der Waals surface area (Å²) in [6.45, 7) is 9.10. The summed E-state index contributed by atoms with van der Waals surface area (Å²) >= 11 is 0. The summed E-state index contributed by atoms with van der Waals surface area (Å²) in [6, 6.07) is 7.00. The molecule has 2 N–H and O–H groups in total. The van der Waals surface area contributed by atoms with E-state index in [1.807, 2.05) is 6.07 Å². The third-order valence-corrected chi connectivity index (χ3v) is 3.76. The van der Waals surface area contributed by atoms with E-state index in [0.29, 0.717) is 6.04 Å². The maximum Gasteiger partial charge on any atom is 0.0317 e. The zero-order valence-corrected chi connectivity index (χ0v) is 11.2. The topological polar surface area (TPSA) is 29.3 Å². The minimum absolute atomic E-state index is 0.672. The smallest absolute Gasteiger partial charge is 0.0317 e. The Bertz CT molecular complexity index is 385. The predicted molar refractivity (Wildman–Crippen MR) is 73.6 cm³/mol. The van der Waals surface area contributed by atoms with Gasteiger partial charge in [0.25, 0.3) is 0 Å². The van der Waals surface area contributed by atoms with Gasteiger partial charge in [-0.05, 0) is 48.9 Å². The fourth-order valence-electron chi connectivity index (χ4n) is 2.51. The fraction of sp³-hybridized carbons (Fsp3) is 0.600. The first-order chi connectivity index (χ1) is 8.06. The number of nitrogens with zero attached hydrogens (tertiary/aromatic N) is 1. The van der Waals surface area contributed by atoms with E-state index in [9.17, 15) is 0 Å². The number of fused-ring (bicyclic) bond motifs is 1. The quantitative estimate of drug-likeness (QED) is 0.806. The molecule has 2 heteroatoms. The molecule has 0 saturated carbocycles. The summed E-state index contributed by atoms with van der Waals surface area (Å²) in [7, 11) is 0. The summed E-state index contributed by atoms with van der Waals surface area (Å²) in [4.78, 5) is 2.56. The standard InChI is InChI=1S/C15H24N2/c1-11(2)4-5-12(3)17-9-13-6-7-15(16)8-14(13)10-17/h6-8,11-12H,4-5,9-10,16H2,1-3H3. The SMILES string of the molecule is CC(C)CCC(C)N1Cc2ccc(N)cc2C1. The second kappa shape index (κ2) is 5.09. The maximum atomic E-state index is 5.83. The molecule has 0 amide bonds. The molecule has 0 aliphatic carbocycles. The van der Waals surface area contributed by atoms with Crippen LogP contribution < -0.4 is 5.73 Å². The number of nitrogen functional groups attached to an aromatic ring is 1. The second-order valence-electron chi connectivity index (χ2n) is 5.75. The lowest BCUT2D eigenvalue weighted by atomic mass is 10.0. The average molecular weight is 232 g/mol. The fourth-order valence-corrected chi connectivity index (χ4v) is 2.51. The minimum Gasteiger partial charge on any atom is -0.399 e. The van der Waals surface area contributed by atoms with Crippen molar-refractivity contribution in [1.29, 1.82) is 0 Å². The van der Waals surface area contributed by atoms with Gasteiger partial charge in [0.2, 0.25) is 0 Å². The van der Waals surface area contributed by atoms with E-state index in [1.165, 1.54) is 24.0 Å². The van der Waals surface area contributed by atoms with Gasteiger partial charge in [-0.2, -0.15) is 0 Å². The molecule has 1 aromatic rings. The van der Waals surface area contributed by atoms with Crippen molar-refractivity contribution in [3.63, 3.8) is 0 Å². The van der Waals surface area contributed by atoms with E-state index in [-0.39, 0.29) is 0 Å². The third kappa shape index (κ3) is 3.01. The van der Waals surface area contributed by atoms with Crippen LogP contribution in [0.5, 0.6) is 0 Å². The normalized spacial score (nSPS) is 17.4. The lowest BCUT2D eigenvalue weighted by Gasteiger charge is -2.24. The highest BCUT2D eigenvalue weighted by molar-refractivity contribution is 5.46. The van der Waals surface area contributed by atoms with Crippen LogP contribution in [0.4, 0.5) is 5.69 Å². The minimum atomic E-state index is 0.672. The van der Waals surface area contributed by atoms with Gasteiger partial charge in [-0.1, -0.05) is 19.9 Å². The molecular weight excluding hydrogens is 208 g/mol. The summed E-state index contributed by atoms with van der Waals surface area (Å²) in [6.07, 6.45) is 2.61. The molecule has 0 bridgehead atoms. The number of anilines is 1. The van der Waals surface area contributed by atoms with E-state index in [0.717, 1.165) is 24.7 Å². The van der Waals surface area contributed by atoms with Gasteiger partial charge in [0.1, 0.15) is 0 Å². The Morgan fingerprint density at radius 3 is 2.53 bits per heavy atom. The lowest BCUT2D eigenvalue weighted by molar-refractivity contribution is 0.195. The maximum absolute atomic E-state index is 5.83. The highest BCUT2D eigenvalue weighted by atomic mass is 15.2. The highest BCUT2D eigenvalue weighted by Crippen LogP contribution is 2.27. The molecule has 94 valence electrons. The number of nitrogens with two attached hydrogens (primary N) is 1. The monoisotopic (exact) mass is 232 g/mol. The summed E-state index contributed by atoms with van der Waals surface area (Å²) < 4.78 is 0. The van der Waals surface area contributed by atoms with Crippen molar-refractivity contribution in [2.24, 2.45) is 5.92 Å². The molecule has 0 saturated heterocycles. The first kappa shape index (κ1) is 12.4. The van der Waals surface area contributed by atoms with Gasteiger partial charge in [0.05, 0.1) is 0 Å². The van der Waals surface area contributed by atoms with Gasteiger partial charge in [-0.3, -0.25) is 4.90 Å². The molecule has 2 rings (SSSR count). The molecule has 0 radical (unpaired) electrons. The Kier molecular flexibility index (Phi) is 3.72. The van der Waals surface area contributed by atoms with Gasteiger partial charge in [0, 0.05) is 24.8 Å². The van der Waals surface area contributed by atoms with Crippen molar-refractivity contribution >= 4 is 5.69 Å². The van der Waals surface area contributed by atoms with E-state index in [1.54, 1.807) is 0 Å². The van der Waals surface area contributed by atoms with Crippen LogP contribution in [0.1, 0.15) is 44.7 Å². The van der Waals surface area contributed by atoms with Gasteiger partial charge < -0.3 is 5.73 Å². The Morgan fingerprint density at radius 1 is 1.12 bits per heavy atom. The van der Waals surface area contributed by atoms with Crippen LogP contribution in [0.25, 0.3) is 0 Å². The van der Waals surface area contributed by atoms with Crippen LogP contribution in [0.15, 0.2) is 18.2 Å².